The molecule has 0 aliphatic carbocycles. The van der Waals surface area contributed by atoms with Gasteiger partial charge >= 0.3 is 12.1 Å². The number of rotatable bonds is 6. The van der Waals surface area contributed by atoms with Crippen molar-refractivity contribution in [2.45, 2.75) is 32.4 Å². The second kappa shape index (κ2) is 5.83. The Morgan fingerprint density at radius 2 is 2.00 bits per heavy atom. The van der Waals surface area contributed by atoms with Crippen LogP contribution in [0.5, 0.6) is 0 Å². The maximum absolute atomic E-state index is 12.1. The fourth-order valence-electron chi connectivity index (χ4n) is 1.14. The smallest absolute Gasteiger partial charge is 0.417 e. The maximum atomic E-state index is 12.1. The van der Waals surface area contributed by atoms with Crippen LogP contribution in [0.1, 0.15) is 31.5 Å². The molecule has 0 amide bonds. The Labute approximate surface area is 91.2 Å². The first kappa shape index (κ1) is 13.0. The Balaban J connectivity index is 2.30. The van der Waals surface area contributed by atoms with E-state index in [0.29, 0.717) is 12.8 Å². The quantitative estimate of drug-likeness (QED) is 0.769. The number of nitrogens with one attached hydrogen (secondary N) is 1. The highest BCUT2D eigenvalue weighted by atomic mass is 19.4. The van der Waals surface area contributed by atoms with E-state index in [4.69, 9.17) is 0 Å². The highest BCUT2D eigenvalue weighted by Gasteiger charge is 2.37. The van der Waals surface area contributed by atoms with Crippen molar-refractivity contribution in [3.8, 4) is 0 Å². The molecule has 0 aromatic carbocycles. The van der Waals surface area contributed by atoms with Crippen LogP contribution in [0.25, 0.3) is 0 Å². The van der Waals surface area contributed by atoms with Gasteiger partial charge < -0.3 is 9.73 Å². The van der Waals surface area contributed by atoms with E-state index in [2.05, 4.69) is 19.9 Å². The van der Waals surface area contributed by atoms with E-state index in [1.807, 2.05) is 6.92 Å². The molecular formula is C9H14F3N3O. The van der Waals surface area contributed by atoms with E-state index in [1.54, 1.807) is 0 Å². The topological polar surface area (TPSA) is 51.0 Å². The van der Waals surface area contributed by atoms with Gasteiger partial charge in [0.2, 0.25) is 5.89 Å². The Hall–Kier alpha value is -1.11. The van der Waals surface area contributed by atoms with E-state index in [1.165, 1.54) is 0 Å². The number of hydrogen-bond donors (Lipinski definition) is 1. The van der Waals surface area contributed by atoms with Crippen molar-refractivity contribution in [2.24, 2.45) is 0 Å². The fourth-order valence-corrected chi connectivity index (χ4v) is 1.14. The van der Waals surface area contributed by atoms with Crippen molar-refractivity contribution in [2.75, 3.05) is 13.1 Å². The zero-order valence-electron chi connectivity index (χ0n) is 8.97. The molecule has 0 atom stereocenters. The third-order valence-corrected chi connectivity index (χ3v) is 1.88. The molecule has 0 fully saturated rings. The summed E-state index contributed by atoms with van der Waals surface area (Å²) in [6.45, 7) is 3.68. The van der Waals surface area contributed by atoms with Gasteiger partial charge in [0.15, 0.2) is 0 Å². The summed E-state index contributed by atoms with van der Waals surface area (Å²) in [5.74, 6) is -1.24. The Bertz CT molecular complexity index is 311. The molecule has 0 aliphatic heterocycles. The molecule has 0 spiro atoms. The van der Waals surface area contributed by atoms with Crippen LogP contribution in [0, 0.1) is 0 Å². The molecule has 0 unspecified atom stereocenters. The lowest BCUT2D eigenvalue weighted by Gasteiger charge is -2.00. The largest absolute Gasteiger partial charge is 0.470 e. The second-order valence-corrected chi connectivity index (χ2v) is 3.35. The number of halogens is 3. The summed E-state index contributed by atoms with van der Waals surface area (Å²) in [6.07, 6.45) is -2.48. The van der Waals surface area contributed by atoms with Crippen molar-refractivity contribution < 1.29 is 17.6 Å². The van der Waals surface area contributed by atoms with Crippen LogP contribution in [-0.2, 0) is 12.6 Å². The van der Waals surface area contributed by atoms with Crippen LogP contribution in [0.15, 0.2) is 4.42 Å². The first-order chi connectivity index (χ1) is 7.54. The average molecular weight is 237 g/mol. The van der Waals surface area contributed by atoms with Crippen molar-refractivity contribution in [3.63, 3.8) is 0 Å². The van der Waals surface area contributed by atoms with Gasteiger partial charge in [-0.1, -0.05) is 6.92 Å². The lowest BCUT2D eigenvalue weighted by atomic mass is 10.3. The predicted octanol–water partition coefficient (Wildman–Crippen LogP) is 2.02. The monoisotopic (exact) mass is 237 g/mol. The Kier molecular flexibility index (Phi) is 4.72. The Morgan fingerprint density at radius 1 is 1.25 bits per heavy atom. The van der Waals surface area contributed by atoms with Gasteiger partial charge in [0, 0.05) is 6.42 Å². The molecule has 0 radical (unpaired) electrons. The molecule has 1 rings (SSSR count). The molecule has 4 nitrogen and oxygen atoms in total. The number of aromatic nitrogens is 2. The van der Waals surface area contributed by atoms with E-state index < -0.39 is 12.1 Å². The van der Waals surface area contributed by atoms with Crippen LogP contribution in [-0.4, -0.2) is 23.3 Å². The summed E-state index contributed by atoms with van der Waals surface area (Å²) in [7, 11) is 0. The molecule has 0 bridgehead atoms. The minimum absolute atomic E-state index is 0.0330. The molecule has 1 aromatic heterocycles. The van der Waals surface area contributed by atoms with Crippen LogP contribution in [0.3, 0.4) is 0 Å². The van der Waals surface area contributed by atoms with E-state index in [0.717, 1.165) is 19.5 Å². The molecular weight excluding hydrogens is 223 g/mol. The van der Waals surface area contributed by atoms with Crippen LogP contribution in [0.2, 0.25) is 0 Å². The van der Waals surface area contributed by atoms with Gasteiger partial charge in [0.1, 0.15) is 0 Å². The highest BCUT2D eigenvalue weighted by Crippen LogP contribution is 2.27. The average Bonchev–Trinajstić information content (AvgIpc) is 2.65. The summed E-state index contributed by atoms with van der Waals surface area (Å²) < 4.78 is 40.7. The van der Waals surface area contributed by atoms with Crippen molar-refractivity contribution in [1.82, 2.24) is 15.5 Å². The van der Waals surface area contributed by atoms with Gasteiger partial charge in [-0.3, -0.25) is 0 Å². The van der Waals surface area contributed by atoms with Gasteiger partial charge in [-0.2, -0.15) is 13.2 Å². The number of alkyl halides is 3. The molecule has 7 heteroatoms. The van der Waals surface area contributed by atoms with Crippen molar-refractivity contribution in [3.05, 3.63) is 11.8 Å². The van der Waals surface area contributed by atoms with Gasteiger partial charge in [-0.15, -0.1) is 10.2 Å². The summed E-state index contributed by atoms with van der Waals surface area (Å²) in [5.41, 5.74) is 0. The summed E-state index contributed by atoms with van der Waals surface area (Å²) in [5, 5.41) is 9.41. The summed E-state index contributed by atoms with van der Waals surface area (Å²) >= 11 is 0. The molecule has 1 N–H and O–H groups in total. The maximum Gasteiger partial charge on any atom is 0.470 e. The van der Waals surface area contributed by atoms with Crippen LogP contribution >= 0.6 is 0 Å². The first-order valence-corrected chi connectivity index (χ1v) is 5.14. The van der Waals surface area contributed by atoms with E-state index in [9.17, 15) is 13.2 Å². The third-order valence-electron chi connectivity index (χ3n) is 1.88. The minimum Gasteiger partial charge on any atom is -0.417 e. The minimum atomic E-state index is -4.55. The molecule has 0 aliphatic rings. The fraction of sp³-hybridized carbons (Fsp3) is 0.778. The zero-order valence-corrected chi connectivity index (χ0v) is 8.97. The lowest BCUT2D eigenvalue weighted by molar-refractivity contribution is -0.157. The zero-order chi connectivity index (χ0) is 12.0. The molecule has 1 aromatic rings. The number of hydrogen-bond acceptors (Lipinski definition) is 4. The SMILES string of the molecule is CCCNCCCc1nnc(C(F)(F)F)o1. The first-order valence-electron chi connectivity index (χ1n) is 5.14. The number of nitrogens with zero attached hydrogens (tertiary/aromatic N) is 2. The normalized spacial score (nSPS) is 12.0. The standard InChI is InChI=1S/C9H14F3N3O/c1-2-5-13-6-3-4-7-14-15-8(16-7)9(10,11)12/h13H,2-6H2,1H3. The van der Waals surface area contributed by atoms with Gasteiger partial charge in [-0.25, -0.2) is 0 Å². The van der Waals surface area contributed by atoms with Crippen molar-refractivity contribution >= 4 is 0 Å². The second-order valence-electron chi connectivity index (χ2n) is 3.35. The van der Waals surface area contributed by atoms with E-state index in [-0.39, 0.29) is 5.89 Å². The van der Waals surface area contributed by atoms with E-state index >= 15 is 0 Å². The molecule has 0 saturated heterocycles. The molecule has 0 saturated carbocycles. The van der Waals surface area contributed by atoms with Crippen LogP contribution in [0.4, 0.5) is 13.2 Å². The van der Waals surface area contributed by atoms with Gasteiger partial charge in [-0.05, 0) is 25.9 Å². The van der Waals surface area contributed by atoms with Crippen molar-refractivity contribution in [1.29, 1.82) is 0 Å². The molecule has 1 heterocycles. The predicted molar refractivity (Wildman–Crippen MR) is 50.8 cm³/mol. The van der Waals surface area contributed by atoms with Crippen LogP contribution < -0.4 is 5.32 Å². The van der Waals surface area contributed by atoms with Gasteiger partial charge in [0.25, 0.3) is 0 Å². The summed E-state index contributed by atoms with van der Waals surface area (Å²) in [4.78, 5) is 0. The highest BCUT2D eigenvalue weighted by molar-refractivity contribution is 4.86. The summed E-state index contributed by atoms with van der Waals surface area (Å²) in [6, 6.07) is 0. The Morgan fingerprint density at radius 3 is 2.56 bits per heavy atom. The van der Waals surface area contributed by atoms with Gasteiger partial charge in [0.05, 0.1) is 0 Å². The molecule has 92 valence electrons. The molecule has 16 heavy (non-hydrogen) atoms. The number of aryl methyl sites for hydroxylation is 1. The third kappa shape index (κ3) is 4.18. The lowest BCUT2D eigenvalue weighted by Crippen LogP contribution is -2.16.